The Hall–Kier alpha value is -1.69. The molecule has 1 rings (SSSR count). The summed E-state index contributed by atoms with van der Waals surface area (Å²) in [6.45, 7) is 0.918. The largest absolute Gasteiger partial charge is 0.373 e. The van der Waals surface area contributed by atoms with E-state index < -0.39 is 10.7 Å². The summed E-state index contributed by atoms with van der Waals surface area (Å²) in [5.41, 5.74) is 5.53. The van der Waals surface area contributed by atoms with E-state index in [-0.39, 0.29) is 5.69 Å². The number of nitrogens with zero attached hydrogens (tertiary/aromatic N) is 2. The van der Waals surface area contributed by atoms with Gasteiger partial charge in [-0.1, -0.05) is 0 Å². The van der Waals surface area contributed by atoms with Crippen LogP contribution in [0.2, 0.25) is 0 Å². The topological polar surface area (TPSA) is 72.4 Å². The molecule has 15 heavy (non-hydrogen) atoms. The molecule has 2 N–H and O–H groups in total. The molecule has 0 atom stereocenters. The normalized spacial score (nSPS) is 10.1. The second kappa shape index (κ2) is 4.70. The summed E-state index contributed by atoms with van der Waals surface area (Å²) in [4.78, 5) is 11.5. The van der Waals surface area contributed by atoms with Gasteiger partial charge < -0.3 is 10.6 Å². The molecule has 0 heterocycles. The third-order valence-electron chi connectivity index (χ3n) is 1.98. The first-order valence-corrected chi connectivity index (χ1v) is 4.41. The lowest BCUT2D eigenvalue weighted by molar-refractivity contribution is -0.385. The molecule has 0 aliphatic heterocycles. The molecule has 0 saturated carbocycles. The van der Waals surface area contributed by atoms with E-state index in [0.717, 1.165) is 6.07 Å². The minimum Gasteiger partial charge on any atom is -0.373 e. The van der Waals surface area contributed by atoms with Gasteiger partial charge in [-0.2, -0.15) is 0 Å². The first-order valence-electron chi connectivity index (χ1n) is 4.41. The molecule has 6 heteroatoms. The van der Waals surface area contributed by atoms with Crippen molar-refractivity contribution >= 4 is 11.4 Å². The summed E-state index contributed by atoms with van der Waals surface area (Å²) in [6.07, 6.45) is 0. The zero-order valence-corrected chi connectivity index (χ0v) is 8.31. The van der Waals surface area contributed by atoms with Gasteiger partial charge in [-0.15, -0.1) is 0 Å². The van der Waals surface area contributed by atoms with Gasteiger partial charge in [0, 0.05) is 31.9 Å². The van der Waals surface area contributed by atoms with Crippen LogP contribution in [0, 0.1) is 15.9 Å². The van der Waals surface area contributed by atoms with Gasteiger partial charge >= 0.3 is 0 Å². The average Bonchev–Trinajstić information content (AvgIpc) is 2.17. The number of hydrogen-bond acceptors (Lipinski definition) is 4. The molecule has 0 fully saturated rings. The SMILES string of the molecule is CN(CCN)c1cc(F)cc([N+](=O)[O-])c1. The van der Waals surface area contributed by atoms with Crippen LogP contribution in [0.4, 0.5) is 15.8 Å². The van der Waals surface area contributed by atoms with Gasteiger partial charge in [-0.05, 0) is 6.07 Å². The molecule has 82 valence electrons. The highest BCUT2D eigenvalue weighted by atomic mass is 19.1. The number of nitro groups is 1. The van der Waals surface area contributed by atoms with E-state index in [1.807, 2.05) is 0 Å². The smallest absolute Gasteiger partial charge is 0.274 e. The van der Waals surface area contributed by atoms with E-state index in [9.17, 15) is 14.5 Å². The minimum atomic E-state index is -0.622. The number of anilines is 1. The molecule has 0 spiro atoms. The summed E-state index contributed by atoms with van der Waals surface area (Å²) >= 11 is 0. The predicted molar refractivity (Wildman–Crippen MR) is 55.4 cm³/mol. The van der Waals surface area contributed by atoms with Gasteiger partial charge in [-0.3, -0.25) is 10.1 Å². The monoisotopic (exact) mass is 213 g/mol. The molecule has 0 aliphatic rings. The Labute approximate surface area is 86.4 Å². The molecule has 0 unspecified atom stereocenters. The molecule has 0 aliphatic carbocycles. The van der Waals surface area contributed by atoms with Crippen LogP contribution in [0.3, 0.4) is 0 Å². The Morgan fingerprint density at radius 1 is 1.53 bits per heavy atom. The summed E-state index contributed by atoms with van der Waals surface area (Å²) in [7, 11) is 1.70. The Bertz CT molecular complexity index is 370. The molecule has 0 radical (unpaired) electrons. The number of non-ortho nitro benzene ring substituents is 1. The number of likely N-dealkylation sites (N-methyl/N-ethyl adjacent to an activating group) is 1. The van der Waals surface area contributed by atoms with Crippen molar-refractivity contribution < 1.29 is 9.31 Å². The van der Waals surface area contributed by atoms with E-state index >= 15 is 0 Å². The zero-order chi connectivity index (χ0) is 11.4. The average molecular weight is 213 g/mol. The van der Waals surface area contributed by atoms with Gasteiger partial charge in [0.25, 0.3) is 5.69 Å². The lowest BCUT2D eigenvalue weighted by Crippen LogP contribution is -2.25. The van der Waals surface area contributed by atoms with E-state index in [4.69, 9.17) is 5.73 Å². The second-order valence-corrected chi connectivity index (χ2v) is 3.13. The number of nitro benzene ring substituents is 1. The first-order chi connectivity index (χ1) is 7.04. The quantitative estimate of drug-likeness (QED) is 0.601. The highest BCUT2D eigenvalue weighted by Gasteiger charge is 2.11. The van der Waals surface area contributed by atoms with Gasteiger partial charge in [0.15, 0.2) is 0 Å². The van der Waals surface area contributed by atoms with E-state index in [2.05, 4.69) is 0 Å². The maximum Gasteiger partial charge on any atom is 0.274 e. The number of hydrogen-bond donors (Lipinski definition) is 1. The molecular weight excluding hydrogens is 201 g/mol. The number of halogens is 1. The lowest BCUT2D eigenvalue weighted by atomic mass is 10.2. The molecule has 0 bridgehead atoms. The van der Waals surface area contributed by atoms with Crippen molar-refractivity contribution in [3.63, 3.8) is 0 Å². The fourth-order valence-corrected chi connectivity index (χ4v) is 1.21. The molecule has 1 aromatic rings. The van der Waals surface area contributed by atoms with Crippen molar-refractivity contribution in [2.24, 2.45) is 5.73 Å². The predicted octanol–water partition coefficient (Wildman–Crippen LogP) is 1.13. The third-order valence-corrected chi connectivity index (χ3v) is 1.98. The molecule has 0 amide bonds. The summed E-state index contributed by atoms with van der Waals surface area (Å²) < 4.78 is 13.0. The second-order valence-electron chi connectivity index (χ2n) is 3.13. The van der Waals surface area contributed by atoms with Crippen LogP contribution in [0.5, 0.6) is 0 Å². The van der Waals surface area contributed by atoms with E-state index in [0.29, 0.717) is 18.8 Å². The maximum absolute atomic E-state index is 13.0. The molecular formula is C9H12FN3O2. The molecule has 0 saturated heterocycles. The van der Waals surface area contributed by atoms with Crippen molar-refractivity contribution in [2.45, 2.75) is 0 Å². The van der Waals surface area contributed by atoms with Crippen LogP contribution in [0.15, 0.2) is 18.2 Å². The summed E-state index contributed by atoms with van der Waals surface area (Å²) in [5, 5.41) is 10.5. The van der Waals surface area contributed by atoms with Crippen LogP contribution in [0.1, 0.15) is 0 Å². The Morgan fingerprint density at radius 3 is 2.73 bits per heavy atom. The van der Waals surface area contributed by atoms with Crippen LogP contribution < -0.4 is 10.6 Å². The van der Waals surface area contributed by atoms with Crippen molar-refractivity contribution in [3.05, 3.63) is 34.1 Å². The van der Waals surface area contributed by atoms with Crippen molar-refractivity contribution in [1.82, 2.24) is 0 Å². The zero-order valence-electron chi connectivity index (χ0n) is 8.31. The number of benzene rings is 1. The Balaban J connectivity index is 3.03. The van der Waals surface area contributed by atoms with Crippen molar-refractivity contribution in [3.8, 4) is 0 Å². The van der Waals surface area contributed by atoms with Gasteiger partial charge in [-0.25, -0.2) is 4.39 Å². The minimum absolute atomic E-state index is 0.256. The highest BCUT2D eigenvalue weighted by Crippen LogP contribution is 2.22. The Morgan fingerprint density at radius 2 is 2.20 bits per heavy atom. The summed E-state index contributed by atoms with van der Waals surface area (Å²) in [6, 6.07) is 3.45. The fraction of sp³-hybridized carbons (Fsp3) is 0.333. The van der Waals surface area contributed by atoms with Gasteiger partial charge in [0.2, 0.25) is 0 Å². The van der Waals surface area contributed by atoms with Gasteiger partial charge in [0.1, 0.15) is 5.82 Å². The fourth-order valence-electron chi connectivity index (χ4n) is 1.21. The van der Waals surface area contributed by atoms with Crippen LogP contribution in [0.25, 0.3) is 0 Å². The molecule has 1 aromatic carbocycles. The molecule has 0 aromatic heterocycles. The Kier molecular flexibility index (Phi) is 3.56. The van der Waals surface area contributed by atoms with E-state index in [1.165, 1.54) is 12.1 Å². The first kappa shape index (κ1) is 11.4. The third kappa shape index (κ3) is 2.88. The van der Waals surface area contributed by atoms with Crippen LogP contribution in [-0.4, -0.2) is 25.1 Å². The van der Waals surface area contributed by atoms with Crippen molar-refractivity contribution in [1.29, 1.82) is 0 Å². The van der Waals surface area contributed by atoms with Crippen LogP contribution >= 0.6 is 0 Å². The maximum atomic E-state index is 13.0. The van der Waals surface area contributed by atoms with Gasteiger partial charge in [0.05, 0.1) is 11.0 Å². The highest BCUT2D eigenvalue weighted by molar-refractivity contribution is 5.53. The van der Waals surface area contributed by atoms with E-state index in [1.54, 1.807) is 11.9 Å². The van der Waals surface area contributed by atoms with Crippen molar-refractivity contribution in [2.75, 3.05) is 25.0 Å². The number of nitrogens with two attached hydrogens (primary N) is 1. The molecule has 5 nitrogen and oxygen atoms in total. The standard InChI is InChI=1S/C9H12FN3O2/c1-12(3-2-11)8-4-7(10)5-9(6-8)13(14)15/h4-6H,2-3,11H2,1H3. The van der Waals surface area contributed by atoms with Crippen LogP contribution in [-0.2, 0) is 0 Å². The summed E-state index contributed by atoms with van der Waals surface area (Å²) in [5.74, 6) is -0.622. The number of rotatable bonds is 4. The lowest BCUT2D eigenvalue weighted by Gasteiger charge is -2.17.